The van der Waals surface area contributed by atoms with Crippen LogP contribution < -0.4 is 5.32 Å². The Hall–Kier alpha value is -1.43. The second-order valence-electron chi connectivity index (χ2n) is 5.58. The van der Waals surface area contributed by atoms with Gasteiger partial charge < -0.3 is 15.2 Å². The molecular weight excluding hydrogens is 268 g/mol. The Balaban J connectivity index is 1.88. The SMILES string of the molecule is COCC(=O)Nc1cccc(CN2CCC(CO)CC2)c1. The smallest absolute Gasteiger partial charge is 0.250 e. The number of hydrogen-bond donors (Lipinski definition) is 2. The lowest BCUT2D eigenvalue weighted by atomic mass is 9.97. The van der Waals surface area contributed by atoms with Gasteiger partial charge >= 0.3 is 0 Å². The van der Waals surface area contributed by atoms with E-state index in [2.05, 4.69) is 16.3 Å². The van der Waals surface area contributed by atoms with Gasteiger partial charge in [0, 0.05) is 25.9 Å². The van der Waals surface area contributed by atoms with Crippen LogP contribution in [0.2, 0.25) is 0 Å². The maximum Gasteiger partial charge on any atom is 0.250 e. The van der Waals surface area contributed by atoms with Crippen molar-refractivity contribution in [2.45, 2.75) is 19.4 Å². The predicted molar refractivity (Wildman–Crippen MR) is 82.0 cm³/mol. The van der Waals surface area contributed by atoms with E-state index in [4.69, 9.17) is 9.84 Å². The number of amides is 1. The molecule has 0 aliphatic carbocycles. The number of anilines is 1. The van der Waals surface area contributed by atoms with Crippen molar-refractivity contribution in [3.05, 3.63) is 29.8 Å². The molecule has 0 aromatic heterocycles. The molecule has 1 amide bonds. The van der Waals surface area contributed by atoms with Crippen molar-refractivity contribution in [3.8, 4) is 0 Å². The first-order valence-electron chi connectivity index (χ1n) is 7.42. The van der Waals surface area contributed by atoms with Crippen molar-refractivity contribution in [1.29, 1.82) is 0 Å². The number of nitrogens with zero attached hydrogens (tertiary/aromatic N) is 1. The van der Waals surface area contributed by atoms with Gasteiger partial charge in [-0.1, -0.05) is 12.1 Å². The van der Waals surface area contributed by atoms with Crippen molar-refractivity contribution in [3.63, 3.8) is 0 Å². The largest absolute Gasteiger partial charge is 0.396 e. The molecule has 1 heterocycles. The molecule has 0 atom stereocenters. The van der Waals surface area contributed by atoms with Gasteiger partial charge in [0.15, 0.2) is 0 Å². The van der Waals surface area contributed by atoms with Gasteiger partial charge in [-0.25, -0.2) is 0 Å². The molecule has 2 N–H and O–H groups in total. The lowest BCUT2D eigenvalue weighted by molar-refractivity contribution is -0.119. The normalized spacial score (nSPS) is 16.9. The first-order chi connectivity index (χ1) is 10.2. The molecule has 0 saturated carbocycles. The number of carbonyl (C=O) groups is 1. The molecule has 0 radical (unpaired) electrons. The molecule has 5 nitrogen and oxygen atoms in total. The van der Waals surface area contributed by atoms with Crippen LogP contribution in [0.25, 0.3) is 0 Å². The molecule has 0 bridgehead atoms. The van der Waals surface area contributed by atoms with Crippen LogP contribution in [0.1, 0.15) is 18.4 Å². The van der Waals surface area contributed by atoms with Gasteiger partial charge in [0.1, 0.15) is 6.61 Å². The fourth-order valence-corrected chi connectivity index (χ4v) is 2.66. The number of aliphatic hydroxyl groups is 1. The number of ether oxygens (including phenoxy) is 1. The fourth-order valence-electron chi connectivity index (χ4n) is 2.66. The second-order valence-corrected chi connectivity index (χ2v) is 5.58. The molecule has 1 aromatic rings. The van der Waals surface area contributed by atoms with E-state index in [1.807, 2.05) is 18.2 Å². The molecule has 1 saturated heterocycles. The Bertz CT molecular complexity index is 457. The molecule has 0 unspecified atom stereocenters. The highest BCUT2D eigenvalue weighted by atomic mass is 16.5. The van der Waals surface area contributed by atoms with Crippen LogP contribution in [0.3, 0.4) is 0 Å². The van der Waals surface area contributed by atoms with Crippen molar-refractivity contribution in [2.75, 3.05) is 38.7 Å². The summed E-state index contributed by atoms with van der Waals surface area (Å²) < 4.78 is 4.81. The monoisotopic (exact) mass is 292 g/mol. The van der Waals surface area contributed by atoms with Crippen LogP contribution in [0.5, 0.6) is 0 Å². The first-order valence-corrected chi connectivity index (χ1v) is 7.42. The lowest BCUT2D eigenvalue weighted by Gasteiger charge is -2.31. The number of carbonyl (C=O) groups excluding carboxylic acids is 1. The molecule has 2 rings (SSSR count). The molecule has 1 fully saturated rings. The van der Waals surface area contributed by atoms with Crippen molar-refractivity contribution >= 4 is 11.6 Å². The Labute approximate surface area is 125 Å². The molecule has 21 heavy (non-hydrogen) atoms. The topological polar surface area (TPSA) is 61.8 Å². The molecule has 1 aliphatic rings. The zero-order valence-corrected chi connectivity index (χ0v) is 12.5. The van der Waals surface area contributed by atoms with Crippen LogP contribution >= 0.6 is 0 Å². The summed E-state index contributed by atoms with van der Waals surface area (Å²) in [7, 11) is 1.51. The molecule has 5 heteroatoms. The van der Waals surface area contributed by atoms with E-state index < -0.39 is 0 Å². The Morgan fingerprint density at radius 2 is 2.19 bits per heavy atom. The van der Waals surface area contributed by atoms with Gasteiger partial charge in [0.25, 0.3) is 0 Å². The fraction of sp³-hybridized carbons (Fsp3) is 0.562. The van der Waals surface area contributed by atoms with Crippen LogP contribution in [0.4, 0.5) is 5.69 Å². The summed E-state index contributed by atoms with van der Waals surface area (Å²) in [5.74, 6) is 0.319. The van der Waals surface area contributed by atoms with E-state index in [0.29, 0.717) is 12.5 Å². The van der Waals surface area contributed by atoms with Gasteiger partial charge in [0.05, 0.1) is 0 Å². The van der Waals surface area contributed by atoms with Crippen LogP contribution in [-0.2, 0) is 16.1 Å². The third-order valence-electron chi connectivity index (χ3n) is 3.86. The van der Waals surface area contributed by atoms with Gasteiger partial charge in [-0.2, -0.15) is 0 Å². The maximum atomic E-state index is 11.5. The minimum atomic E-state index is -0.140. The predicted octanol–water partition coefficient (Wildman–Crippen LogP) is 1.48. The molecule has 1 aliphatic heterocycles. The highest BCUT2D eigenvalue weighted by Crippen LogP contribution is 2.19. The summed E-state index contributed by atoms with van der Waals surface area (Å²) in [5.41, 5.74) is 1.99. The Kier molecular flexibility index (Phi) is 6.17. The highest BCUT2D eigenvalue weighted by Gasteiger charge is 2.18. The molecular formula is C16H24N2O3. The van der Waals surface area contributed by atoms with Gasteiger partial charge in [0.2, 0.25) is 5.91 Å². The number of likely N-dealkylation sites (tertiary alicyclic amines) is 1. The van der Waals surface area contributed by atoms with Crippen LogP contribution in [0.15, 0.2) is 24.3 Å². The second kappa shape index (κ2) is 8.12. The number of rotatable bonds is 6. The standard InChI is InChI=1S/C16H24N2O3/c1-21-12-16(20)17-15-4-2-3-14(9-15)10-18-7-5-13(11-19)6-8-18/h2-4,9,13,19H,5-8,10-12H2,1H3,(H,17,20). The van der Waals surface area contributed by atoms with Gasteiger partial charge in [-0.15, -0.1) is 0 Å². The molecule has 1 aromatic carbocycles. The minimum absolute atomic E-state index is 0.0684. The lowest BCUT2D eigenvalue weighted by Crippen LogP contribution is -2.34. The summed E-state index contributed by atoms with van der Waals surface area (Å²) in [4.78, 5) is 13.9. The number of hydrogen-bond acceptors (Lipinski definition) is 4. The average molecular weight is 292 g/mol. The summed E-state index contributed by atoms with van der Waals surface area (Å²) in [6, 6.07) is 7.92. The van der Waals surface area contributed by atoms with Crippen LogP contribution in [-0.4, -0.2) is 49.3 Å². The first kappa shape index (κ1) is 15.9. The quantitative estimate of drug-likeness (QED) is 0.833. The number of benzene rings is 1. The Morgan fingerprint density at radius 1 is 1.43 bits per heavy atom. The zero-order valence-electron chi connectivity index (χ0n) is 12.5. The van der Waals surface area contributed by atoms with Crippen LogP contribution in [0, 0.1) is 5.92 Å². The zero-order chi connectivity index (χ0) is 15.1. The van der Waals surface area contributed by atoms with E-state index in [1.54, 1.807) is 0 Å². The third kappa shape index (κ3) is 5.12. The van der Waals surface area contributed by atoms with E-state index in [-0.39, 0.29) is 12.5 Å². The van der Waals surface area contributed by atoms with E-state index in [0.717, 1.165) is 38.2 Å². The van der Waals surface area contributed by atoms with E-state index in [1.165, 1.54) is 12.7 Å². The third-order valence-corrected chi connectivity index (χ3v) is 3.86. The van der Waals surface area contributed by atoms with E-state index in [9.17, 15) is 4.79 Å². The maximum absolute atomic E-state index is 11.5. The summed E-state index contributed by atoms with van der Waals surface area (Å²) >= 11 is 0. The Morgan fingerprint density at radius 3 is 2.86 bits per heavy atom. The number of piperidine rings is 1. The summed E-state index contributed by atoms with van der Waals surface area (Å²) in [5, 5.41) is 12.0. The average Bonchev–Trinajstić information content (AvgIpc) is 2.48. The summed E-state index contributed by atoms with van der Waals surface area (Å²) in [6.45, 7) is 3.29. The molecule has 0 spiro atoms. The van der Waals surface area contributed by atoms with Crippen molar-refractivity contribution in [2.24, 2.45) is 5.92 Å². The highest BCUT2D eigenvalue weighted by molar-refractivity contribution is 5.91. The van der Waals surface area contributed by atoms with E-state index >= 15 is 0 Å². The minimum Gasteiger partial charge on any atom is -0.396 e. The summed E-state index contributed by atoms with van der Waals surface area (Å²) in [6.07, 6.45) is 2.11. The molecule has 116 valence electrons. The number of aliphatic hydroxyl groups excluding tert-OH is 1. The van der Waals surface area contributed by atoms with Gasteiger partial charge in [-0.3, -0.25) is 9.69 Å². The van der Waals surface area contributed by atoms with Crippen molar-refractivity contribution < 1.29 is 14.6 Å². The van der Waals surface area contributed by atoms with Gasteiger partial charge in [-0.05, 0) is 49.5 Å². The number of nitrogens with one attached hydrogen (secondary N) is 1. The number of methoxy groups -OCH3 is 1. The van der Waals surface area contributed by atoms with Crippen molar-refractivity contribution in [1.82, 2.24) is 4.90 Å².